The van der Waals surface area contributed by atoms with Crippen LogP contribution in [0.2, 0.25) is 0 Å². The molecule has 0 bridgehead atoms. The van der Waals surface area contributed by atoms with Gasteiger partial charge in [0.15, 0.2) is 5.78 Å². The first-order chi connectivity index (χ1) is 13.8. The summed E-state index contributed by atoms with van der Waals surface area (Å²) in [5, 5.41) is 4.75. The quantitative estimate of drug-likeness (QED) is 0.679. The van der Waals surface area contributed by atoms with Gasteiger partial charge in [0.25, 0.3) is 0 Å². The van der Waals surface area contributed by atoms with Gasteiger partial charge in [-0.15, -0.1) is 0 Å². The first kappa shape index (κ1) is 17.0. The summed E-state index contributed by atoms with van der Waals surface area (Å²) < 4.78 is 5.57. The number of allylic oxidation sites excluding steroid dienone is 1. The molecule has 0 unspecified atom stereocenters. The van der Waals surface area contributed by atoms with E-state index in [1.54, 1.807) is 0 Å². The molecule has 0 radical (unpaired) electrons. The number of anilines is 1. The largest absolute Gasteiger partial charge is 0.494 e. The van der Waals surface area contributed by atoms with Gasteiger partial charge in [0.2, 0.25) is 0 Å². The van der Waals surface area contributed by atoms with Crippen molar-refractivity contribution < 1.29 is 9.53 Å². The van der Waals surface area contributed by atoms with Gasteiger partial charge >= 0.3 is 0 Å². The Balaban J connectivity index is 1.68. The van der Waals surface area contributed by atoms with Crippen LogP contribution in [0.25, 0.3) is 16.5 Å². The lowest BCUT2D eigenvalue weighted by Crippen LogP contribution is -2.27. The van der Waals surface area contributed by atoms with Gasteiger partial charge < -0.3 is 10.1 Å². The van der Waals surface area contributed by atoms with Gasteiger partial charge in [-0.25, -0.2) is 0 Å². The Morgan fingerprint density at radius 3 is 2.79 bits per heavy atom. The second-order valence-corrected chi connectivity index (χ2v) is 7.31. The maximum absolute atomic E-state index is 13.0. The highest BCUT2D eigenvalue weighted by Gasteiger charge is 2.34. The Bertz CT molecular complexity index is 1100. The maximum Gasteiger partial charge on any atom is 0.161 e. The number of aromatic nitrogens is 1. The van der Waals surface area contributed by atoms with E-state index in [1.165, 1.54) is 5.57 Å². The van der Waals surface area contributed by atoms with Crippen molar-refractivity contribution in [3.8, 4) is 5.75 Å². The highest BCUT2D eigenvalue weighted by atomic mass is 16.5. The first-order valence-corrected chi connectivity index (χ1v) is 9.90. The molecule has 2 aromatic carbocycles. The fourth-order valence-electron chi connectivity index (χ4n) is 4.46. The number of ketones is 1. The molecule has 28 heavy (non-hydrogen) atoms. The molecule has 1 aliphatic heterocycles. The van der Waals surface area contributed by atoms with E-state index in [2.05, 4.69) is 34.6 Å². The lowest BCUT2D eigenvalue weighted by molar-refractivity contribution is -0.116. The molecule has 0 saturated carbocycles. The molecule has 1 N–H and O–H groups in total. The Morgan fingerprint density at radius 1 is 1.11 bits per heavy atom. The number of carbonyl (C=O) groups excluding carboxylic acids is 1. The van der Waals surface area contributed by atoms with Gasteiger partial charge in [-0.2, -0.15) is 0 Å². The van der Waals surface area contributed by atoms with Crippen molar-refractivity contribution in [1.82, 2.24) is 4.98 Å². The summed E-state index contributed by atoms with van der Waals surface area (Å²) in [5.41, 5.74) is 6.38. The molecule has 0 fully saturated rings. The van der Waals surface area contributed by atoms with Gasteiger partial charge in [-0.1, -0.05) is 18.2 Å². The van der Waals surface area contributed by atoms with Crippen molar-refractivity contribution in [1.29, 1.82) is 0 Å². The molecule has 4 nitrogen and oxygen atoms in total. The fourth-order valence-corrected chi connectivity index (χ4v) is 4.46. The number of pyridine rings is 1. The number of rotatable bonds is 3. The van der Waals surface area contributed by atoms with Crippen LogP contribution in [0.5, 0.6) is 5.75 Å². The van der Waals surface area contributed by atoms with Gasteiger partial charge in [0.05, 0.1) is 18.2 Å². The molecule has 4 heteroatoms. The fraction of sp³-hybridized carbons (Fsp3) is 0.250. The normalized spacial score (nSPS) is 18.5. The number of benzene rings is 2. The average Bonchev–Trinajstić information content (AvgIpc) is 2.74. The monoisotopic (exact) mass is 370 g/mol. The Labute approximate surface area is 164 Å². The van der Waals surface area contributed by atoms with E-state index in [1.807, 2.05) is 37.4 Å². The first-order valence-electron chi connectivity index (χ1n) is 9.90. The number of carbonyl (C=O) groups is 1. The molecule has 1 aliphatic carbocycles. The number of Topliss-reactive ketones (excluding diaryl/α,β-unsaturated/α-hetero) is 1. The second-order valence-electron chi connectivity index (χ2n) is 7.31. The van der Waals surface area contributed by atoms with Gasteiger partial charge in [-0.05, 0) is 61.2 Å². The van der Waals surface area contributed by atoms with Crippen LogP contribution in [0, 0.1) is 0 Å². The number of nitrogens with zero attached hydrogens (tertiary/aromatic N) is 1. The third-order valence-electron chi connectivity index (χ3n) is 5.66. The van der Waals surface area contributed by atoms with Crippen LogP contribution in [0.1, 0.15) is 43.4 Å². The number of ether oxygens (including phenoxy) is 1. The SMILES string of the molecule is CCOc1ccc([C@H]2Nc3ccc4ncccc4c3C3=C2C(=O)CCC3)cc1. The van der Waals surface area contributed by atoms with E-state index in [0.717, 1.165) is 51.9 Å². The van der Waals surface area contributed by atoms with E-state index in [9.17, 15) is 4.79 Å². The topological polar surface area (TPSA) is 51.2 Å². The van der Waals surface area contributed by atoms with E-state index in [0.29, 0.717) is 13.0 Å². The van der Waals surface area contributed by atoms with Crippen molar-refractivity contribution in [3.63, 3.8) is 0 Å². The Kier molecular flexibility index (Phi) is 4.12. The minimum absolute atomic E-state index is 0.125. The Morgan fingerprint density at radius 2 is 1.96 bits per heavy atom. The third-order valence-corrected chi connectivity index (χ3v) is 5.66. The number of fused-ring (bicyclic) bond motifs is 4. The summed E-state index contributed by atoms with van der Waals surface area (Å²) in [6.45, 7) is 2.62. The van der Waals surface area contributed by atoms with E-state index >= 15 is 0 Å². The van der Waals surface area contributed by atoms with Crippen molar-refractivity contribution in [2.45, 2.75) is 32.2 Å². The van der Waals surface area contributed by atoms with Crippen LogP contribution in [0.4, 0.5) is 5.69 Å². The summed E-state index contributed by atoms with van der Waals surface area (Å²) in [6, 6.07) is 16.2. The van der Waals surface area contributed by atoms with Gasteiger partial charge in [0, 0.05) is 34.8 Å². The van der Waals surface area contributed by atoms with Crippen LogP contribution < -0.4 is 10.1 Å². The highest BCUT2D eigenvalue weighted by molar-refractivity contribution is 6.12. The molecule has 0 saturated heterocycles. The van der Waals surface area contributed by atoms with Crippen molar-refractivity contribution >= 4 is 27.9 Å². The van der Waals surface area contributed by atoms with E-state index in [4.69, 9.17) is 4.74 Å². The predicted molar refractivity (Wildman–Crippen MR) is 111 cm³/mol. The van der Waals surface area contributed by atoms with Crippen LogP contribution in [0.3, 0.4) is 0 Å². The van der Waals surface area contributed by atoms with Crippen LogP contribution >= 0.6 is 0 Å². The Hall–Kier alpha value is -3.14. The summed E-state index contributed by atoms with van der Waals surface area (Å²) in [7, 11) is 0. The van der Waals surface area contributed by atoms with Crippen molar-refractivity contribution in [2.75, 3.05) is 11.9 Å². The summed E-state index contributed by atoms with van der Waals surface area (Å²) in [4.78, 5) is 17.5. The highest BCUT2D eigenvalue weighted by Crippen LogP contribution is 2.47. The van der Waals surface area contributed by atoms with Gasteiger partial charge in [0.1, 0.15) is 5.75 Å². The molecule has 0 spiro atoms. The molecule has 1 atom stereocenters. The van der Waals surface area contributed by atoms with Crippen LogP contribution in [-0.2, 0) is 4.79 Å². The lowest BCUT2D eigenvalue weighted by atomic mass is 9.77. The second kappa shape index (κ2) is 6.79. The lowest BCUT2D eigenvalue weighted by Gasteiger charge is -2.35. The van der Waals surface area contributed by atoms with Crippen LogP contribution in [-0.4, -0.2) is 17.4 Å². The molecular weight excluding hydrogens is 348 g/mol. The molecular formula is C24H22N2O2. The van der Waals surface area contributed by atoms with Gasteiger partial charge in [-0.3, -0.25) is 9.78 Å². The third kappa shape index (κ3) is 2.68. The van der Waals surface area contributed by atoms with E-state index in [-0.39, 0.29) is 11.8 Å². The predicted octanol–water partition coefficient (Wildman–Crippen LogP) is 5.31. The minimum atomic E-state index is -0.125. The molecule has 3 aromatic rings. The standard InChI is InChI=1S/C24H22N2O2/c1-2-28-16-10-8-15(9-11-16)24-23-18(5-3-7-21(23)27)22-17-6-4-14-25-19(17)12-13-20(22)26-24/h4,6,8-14,24,26H,2-3,5,7H2,1H3/t24-/m1/s1. The molecule has 0 amide bonds. The van der Waals surface area contributed by atoms with E-state index < -0.39 is 0 Å². The summed E-state index contributed by atoms with van der Waals surface area (Å²) in [6.07, 6.45) is 4.27. The molecule has 1 aromatic heterocycles. The zero-order valence-corrected chi connectivity index (χ0v) is 15.9. The van der Waals surface area contributed by atoms with Crippen LogP contribution in [0.15, 0.2) is 60.3 Å². The van der Waals surface area contributed by atoms with Crippen molar-refractivity contribution in [2.24, 2.45) is 0 Å². The zero-order valence-electron chi connectivity index (χ0n) is 15.9. The molecule has 2 heterocycles. The molecule has 2 aliphatic rings. The summed E-state index contributed by atoms with van der Waals surface area (Å²) >= 11 is 0. The zero-order chi connectivity index (χ0) is 19.1. The summed E-state index contributed by atoms with van der Waals surface area (Å²) in [5.74, 6) is 1.10. The minimum Gasteiger partial charge on any atom is -0.494 e. The number of nitrogens with one attached hydrogen (secondary N) is 1. The number of hydrogen-bond acceptors (Lipinski definition) is 4. The van der Waals surface area contributed by atoms with Crippen molar-refractivity contribution in [3.05, 3.63) is 71.4 Å². The maximum atomic E-state index is 13.0. The molecule has 5 rings (SSSR count). The average molecular weight is 370 g/mol. The smallest absolute Gasteiger partial charge is 0.161 e. The molecule has 140 valence electrons. The number of hydrogen-bond donors (Lipinski definition) is 1.